The van der Waals surface area contributed by atoms with Crippen molar-refractivity contribution in [2.24, 2.45) is 0 Å². The third kappa shape index (κ3) is 5.46. The number of benzene rings is 2. The number of carbonyl (C=O) groups excluding carboxylic acids is 3. The predicted octanol–water partition coefficient (Wildman–Crippen LogP) is 2.62. The van der Waals surface area contributed by atoms with Crippen molar-refractivity contribution in [1.82, 2.24) is 5.32 Å². The van der Waals surface area contributed by atoms with Crippen molar-refractivity contribution in [3.8, 4) is 0 Å². The van der Waals surface area contributed by atoms with Gasteiger partial charge >= 0.3 is 5.97 Å². The molecule has 6 nitrogen and oxygen atoms in total. The Morgan fingerprint density at radius 1 is 0.960 bits per heavy atom. The van der Waals surface area contributed by atoms with Crippen molar-refractivity contribution in [2.45, 2.75) is 13.3 Å². The van der Waals surface area contributed by atoms with Gasteiger partial charge in [0.25, 0.3) is 5.91 Å². The predicted molar refractivity (Wildman–Crippen MR) is 94.4 cm³/mol. The van der Waals surface area contributed by atoms with E-state index in [1.807, 2.05) is 6.07 Å². The molecule has 0 fully saturated rings. The molecule has 6 heteroatoms. The van der Waals surface area contributed by atoms with Crippen LogP contribution in [0.5, 0.6) is 0 Å². The first-order valence-corrected chi connectivity index (χ1v) is 8.01. The maximum Gasteiger partial charge on any atom is 0.340 e. The molecule has 0 saturated carbocycles. The van der Waals surface area contributed by atoms with Gasteiger partial charge in [-0.15, -0.1) is 0 Å². The highest BCUT2D eigenvalue weighted by molar-refractivity contribution is 6.01. The van der Waals surface area contributed by atoms with Gasteiger partial charge in [-0.3, -0.25) is 9.59 Å². The van der Waals surface area contributed by atoms with Gasteiger partial charge in [0.2, 0.25) is 5.91 Å². The number of amides is 2. The van der Waals surface area contributed by atoms with Gasteiger partial charge in [-0.25, -0.2) is 4.79 Å². The Balaban J connectivity index is 1.87. The molecule has 2 aromatic rings. The smallest absolute Gasteiger partial charge is 0.340 e. The molecule has 0 radical (unpaired) electrons. The summed E-state index contributed by atoms with van der Waals surface area (Å²) < 4.78 is 4.96. The number of esters is 1. The van der Waals surface area contributed by atoms with Crippen molar-refractivity contribution < 1.29 is 19.1 Å². The van der Waals surface area contributed by atoms with E-state index in [2.05, 4.69) is 10.6 Å². The molecular weight excluding hydrogens is 320 g/mol. The van der Waals surface area contributed by atoms with E-state index in [4.69, 9.17) is 4.74 Å². The number of rotatable bonds is 7. The Kier molecular flexibility index (Phi) is 6.71. The second-order valence-electron chi connectivity index (χ2n) is 5.19. The molecular formula is C19H20N2O4. The van der Waals surface area contributed by atoms with Crippen LogP contribution in [0.4, 0.5) is 5.69 Å². The molecule has 2 amide bonds. The second kappa shape index (κ2) is 9.22. The van der Waals surface area contributed by atoms with Gasteiger partial charge in [0.1, 0.15) is 0 Å². The molecule has 2 N–H and O–H groups in total. The standard InChI is InChI=1S/C19H20N2O4/c1-2-25-19(24)15-10-6-7-11-16(15)21-17(22)12-13-20-18(23)14-8-4-3-5-9-14/h3-11H,2,12-13H2,1H3,(H,20,23)(H,21,22). The molecule has 0 saturated heterocycles. The molecule has 2 aromatic carbocycles. The lowest BCUT2D eigenvalue weighted by Crippen LogP contribution is -2.27. The summed E-state index contributed by atoms with van der Waals surface area (Å²) >= 11 is 0. The van der Waals surface area contributed by atoms with E-state index in [-0.39, 0.29) is 31.4 Å². The van der Waals surface area contributed by atoms with E-state index in [1.165, 1.54) is 0 Å². The summed E-state index contributed by atoms with van der Waals surface area (Å²) in [6.07, 6.45) is 0.0930. The Morgan fingerprint density at radius 2 is 1.64 bits per heavy atom. The second-order valence-corrected chi connectivity index (χ2v) is 5.19. The highest BCUT2D eigenvalue weighted by Crippen LogP contribution is 2.16. The van der Waals surface area contributed by atoms with Gasteiger partial charge in [0.05, 0.1) is 17.9 Å². The van der Waals surface area contributed by atoms with E-state index in [0.29, 0.717) is 16.8 Å². The molecule has 2 rings (SSSR count). The molecule has 0 spiro atoms. The maximum absolute atomic E-state index is 12.0. The third-order valence-electron chi connectivity index (χ3n) is 3.37. The van der Waals surface area contributed by atoms with Crippen LogP contribution in [0.15, 0.2) is 54.6 Å². The van der Waals surface area contributed by atoms with Gasteiger partial charge in [-0.1, -0.05) is 30.3 Å². The van der Waals surface area contributed by atoms with Gasteiger partial charge in [0.15, 0.2) is 0 Å². The van der Waals surface area contributed by atoms with Crippen molar-refractivity contribution in [3.05, 3.63) is 65.7 Å². The fourth-order valence-electron chi connectivity index (χ4n) is 2.17. The minimum atomic E-state index is -0.490. The number of hydrogen-bond acceptors (Lipinski definition) is 4. The molecule has 0 bridgehead atoms. The third-order valence-corrected chi connectivity index (χ3v) is 3.37. The number of anilines is 1. The van der Waals surface area contributed by atoms with E-state index < -0.39 is 5.97 Å². The fraction of sp³-hybridized carbons (Fsp3) is 0.211. The van der Waals surface area contributed by atoms with Crippen LogP contribution in [0.25, 0.3) is 0 Å². The first-order chi connectivity index (χ1) is 12.1. The van der Waals surface area contributed by atoms with Crippen molar-refractivity contribution in [3.63, 3.8) is 0 Å². The number of nitrogens with one attached hydrogen (secondary N) is 2. The Labute approximate surface area is 146 Å². The van der Waals surface area contributed by atoms with Crippen molar-refractivity contribution in [1.29, 1.82) is 0 Å². The monoisotopic (exact) mass is 340 g/mol. The van der Waals surface area contributed by atoms with Crippen LogP contribution in [0, 0.1) is 0 Å². The summed E-state index contributed by atoms with van der Waals surface area (Å²) in [5.41, 5.74) is 1.22. The normalized spacial score (nSPS) is 9.96. The molecule has 0 aliphatic rings. The van der Waals surface area contributed by atoms with Crippen LogP contribution in [0.1, 0.15) is 34.1 Å². The molecule has 0 aliphatic heterocycles. The largest absolute Gasteiger partial charge is 0.462 e. The lowest BCUT2D eigenvalue weighted by atomic mass is 10.1. The summed E-state index contributed by atoms with van der Waals surface area (Å²) in [7, 11) is 0. The minimum absolute atomic E-state index is 0.0930. The van der Waals surface area contributed by atoms with Crippen LogP contribution in [-0.2, 0) is 9.53 Å². The van der Waals surface area contributed by atoms with Crippen molar-refractivity contribution in [2.75, 3.05) is 18.5 Å². The number of para-hydroxylation sites is 1. The SMILES string of the molecule is CCOC(=O)c1ccccc1NC(=O)CCNC(=O)c1ccccc1. The lowest BCUT2D eigenvalue weighted by Gasteiger charge is -2.10. The van der Waals surface area contributed by atoms with Crippen LogP contribution >= 0.6 is 0 Å². The van der Waals surface area contributed by atoms with E-state index in [0.717, 1.165) is 0 Å². The van der Waals surface area contributed by atoms with Crippen LogP contribution in [-0.4, -0.2) is 30.9 Å². The van der Waals surface area contributed by atoms with Gasteiger partial charge in [-0.2, -0.15) is 0 Å². The van der Waals surface area contributed by atoms with Crippen LogP contribution in [0.2, 0.25) is 0 Å². The van der Waals surface area contributed by atoms with Gasteiger partial charge < -0.3 is 15.4 Å². The Hall–Kier alpha value is -3.15. The minimum Gasteiger partial charge on any atom is -0.462 e. The number of hydrogen-bond donors (Lipinski definition) is 2. The molecule has 0 heterocycles. The summed E-state index contributed by atoms with van der Waals surface area (Å²) in [6.45, 7) is 2.17. The first-order valence-electron chi connectivity index (χ1n) is 8.01. The topological polar surface area (TPSA) is 84.5 Å². The molecule has 0 atom stereocenters. The fourth-order valence-corrected chi connectivity index (χ4v) is 2.17. The average Bonchev–Trinajstić information content (AvgIpc) is 2.63. The van der Waals surface area contributed by atoms with E-state index in [9.17, 15) is 14.4 Å². The maximum atomic E-state index is 12.0. The first kappa shape index (κ1) is 18.2. The summed E-state index contributed by atoms with van der Waals surface area (Å²) in [4.78, 5) is 35.8. The Morgan fingerprint density at radius 3 is 2.36 bits per heavy atom. The number of ether oxygens (including phenoxy) is 1. The molecule has 25 heavy (non-hydrogen) atoms. The quantitative estimate of drug-likeness (QED) is 0.759. The highest BCUT2D eigenvalue weighted by atomic mass is 16.5. The van der Waals surface area contributed by atoms with Crippen molar-refractivity contribution >= 4 is 23.5 Å². The van der Waals surface area contributed by atoms with Gasteiger partial charge in [0, 0.05) is 18.5 Å². The zero-order valence-corrected chi connectivity index (χ0v) is 14.0. The van der Waals surface area contributed by atoms with Crippen LogP contribution < -0.4 is 10.6 Å². The summed E-state index contributed by atoms with van der Waals surface area (Å²) in [5, 5.41) is 5.35. The van der Waals surface area contributed by atoms with Gasteiger partial charge in [-0.05, 0) is 31.2 Å². The zero-order valence-electron chi connectivity index (χ0n) is 14.0. The lowest BCUT2D eigenvalue weighted by molar-refractivity contribution is -0.116. The molecule has 130 valence electrons. The number of carbonyl (C=O) groups is 3. The van der Waals surface area contributed by atoms with Crippen LogP contribution in [0.3, 0.4) is 0 Å². The molecule has 0 aliphatic carbocycles. The summed E-state index contributed by atoms with van der Waals surface area (Å²) in [6, 6.07) is 15.4. The molecule has 0 unspecified atom stereocenters. The molecule has 0 aromatic heterocycles. The summed E-state index contributed by atoms with van der Waals surface area (Å²) in [5.74, 6) is -1.03. The van der Waals surface area contributed by atoms with E-state index >= 15 is 0 Å². The Bertz CT molecular complexity index is 744. The van der Waals surface area contributed by atoms with E-state index in [1.54, 1.807) is 55.5 Å². The highest BCUT2D eigenvalue weighted by Gasteiger charge is 2.14. The zero-order chi connectivity index (χ0) is 18.1. The average molecular weight is 340 g/mol.